The number of rotatable bonds is 7. The number of aliphatic carboxylic acids is 1. The Bertz CT molecular complexity index is 478. The first-order valence-corrected chi connectivity index (χ1v) is 6.73. The van der Waals surface area contributed by atoms with Crippen molar-refractivity contribution in [2.45, 2.75) is 45.3 Å². The molecule has 1 rings (SSSR count). The maximum Gasteiger partial charge on any atom is 0.433 e. The smallest absolute Gasteiger partial charge is 0.433 e. The standard InChI is InChI=1S/C14H19F3N2O2/c1-9(13(20)21)5-3-6-10(2)18-12-8-4-7-11(19-12)14(15,16)17/h4,7-10H,3,5-6H2,1-2H3,(H,18,19)(H,20,21). The van der Waals surface area contributed by atoms with Crippen LogP contribution in [0.25, 0.3) is 0 Å². The Morgan fingerprint density at radius 3 is 2.57 bits per heavy atom. The van der Waals surface area contributed by atoms with Crippen LogP contribution in [0.4, 0.5) is 19.0 Å². The number of halogens is 3. The third-order valence-corrected chi connectivity index (χ3v) is 3.13. The van der Waals surface area contributed by atoms with E-state index in [1.165, 1.54) is 12.1 Å². The van der Waals surface area contributed by atoms with E-state index in [0.29, 0.717) is 19.3 Å². The van der Waals surface area contributed by atoms with Crippen LogP contribution in [-0.2, 0) is 11.0 Å². The molecule has 0 aromatic carbocycles. The fourth-order valence-corrected chi connectivity index (χ4v) is 1.85. The van der Waals surface area contributed by atoms with Gasteiger partial charge < -0.3 is 10.4 Å². The van der Waals surface area contributed by atoms with Crippen molar-refractivity contribution in [3.8, 4) is 0 Å². The van der Waals surface area contributed by atoms with E-state index in [9.17, 15) is 18.0 Å². The summed E-state index contributed by atoms with van der Waals surface area (Å²) >= 11 is 0. The predicted molar refractivity (Wildman–Crippen MR) is 73.0 cm³/mol. The highest BCUT2D eigenvalue weighted by molar-refractivity contribution is 5.69. The lowest BCUT2D eigenvalue weighted by atomic mass is 10.0. The number of carbonyl (C=O) groups is 1. The van der Waals surface area contributed by atoms with Gasteiger partial charge in [-0.05, 0) is 31.9 Å². The van der Waals surface area contributed by atoms with E-state index in [2.05, 4.69) is 10.3 Å². The van der Waals surface area contributed by atoms with Crippen LogP contribution in [0.15, 0.2) is 18.2 Å². The molecule has 4 nitrogen and oxygen atoms in total. The maximum absolute atomic E-state index is 12.5. The van der Waals surface area contributed by atoms with Crippen molar-refractivity contribution in [1.29, 1.82) is 0 Å². The van der Waals surface area contributed by atoms with Crippen LogP contribution in [0, 0.1) is 5.92 Å². The molecule has 118 valence electrons. The molecule has 0 spiro atoms. The molecule has 0 aliphatic heterocycles. The van der Waals surface area contributed by atoms with Gasteiger partial charge in [-0.25, -0.2) is 4.98 Å². The number of aromatic nitrogens is 1. The van der Waals surface area contributed by atoms with Crippen molar-refractivity contribution in [2.24, 2.45) is 5.92 Å². The lowest BCUT2D eigenvalue weighted by Crippen LogP contribution is -2.18. The van der Waals surface area contributed by atoms with Gasteiger partial charge in [-0.3, -0.25) is 4.79 Å². The van der Waals surface area contributed by atoms with E-state index in [1.807, 2.05) is 6.92 Å². The van der Waals surface area contributed by atoms with E-state index >= 15 is 0 Å². The second kappa shape index (κ2) is 7.28. The van der Waals surface area contributed by atoms with Crippen LogP contribution in [0.5, 0.6) is 0 Å². The number of nitrogens with one attached hydrogen (secondary N) is 1. The van der Waals surface area contributed by atoms with Crippen molar-refractivity contribution in [3.63, 3.8) is 0 Å². The Morgan fingerprint density at radius 2 is 2.00 bits per heavy atom. The molecule has 7 heteroatoms. The summed E-state index contributed by atoms with van der Waals surface area (Å²) in [4.78, 5) is 14.2. The second-order valence-corrected chi connectivity index (χ2v) is 5.12. The van der Waals surface area contributed by atoms with Gasteiger partial charge in [0.1, 0.15) is 11.5 Å². The minimum absolute atomic E-state index is 0.0815. The summed E-state index contributed by atoms with van der Waals surface area (Å²) in [6.07, 6.45) is -2.58. The van der Waals surface area contributed by atoms with Gasteiger partial charge in [0.05, 0.1) is 5.92 Å². The first-order chi connectivity index (χ1) is 9.70. The quantitative estimate of drug-likeness (QED) is 0.804. The Morgan fingerprint density at radius 1 is 1.33 bits per heavy atom. The SMILES string of the molecule is CC(CCCC(C)C(=O)O)Nc1cccc(C(F)(F)F)n1. The second-order valence-electron chi connectivity index (χ2n) is 5.12. The number of carboxylic acids is 1. The summed E-state index contributed by atoms with van der Waals surface area (Å²) < 4.78 is 37.6. The van der Waals surface area contributed by atoms with E-state index in [4.69, 9.17) is 5.11 Å². The molecule has 0 radical (unpaired) electrons. The van der Waals surface area contributed by atoms with Crippen molar-refractivity contribution in [3.05, 3.63) is 23.9 Å². The number of nitrogens with zero attached hydrogens (tertiary/aromatic N) is 1. The molecule has 21 heavy (non-hydrogen) atoms. The Balaban J connectivity index is 2.48. The van der Waals surface area contributed by atoms with Gasteiger partial charge in [-0.15, -0.1) is 0 Å². The maximum atomic E-state index is 12.5. The zero-order chi connectivity index (χ0) is 16.0. The normalized spacial score (nSPS) is 14.5. The molecule has 2 unspecified atom stereocenters. The molecule has 0 bridgehead atoms. The summed E-state index contributed by atoms with van der Waals surface area (Å²) in [6, 6.07) is 3.62. The molecule has 2 atom stereocenters. The summed E-state index contributed by atoms with van der Waals surface area (Å²) in [5.74, 6) is -1.08. The van der Waals surface area contributed by atoms with Crippen LogP contribution in [-0.4, -0.2) is 22.1 Å². The first kappa shape index (κ1) is 17.3. The average Bonchev–Trinajstić information content (AvgIpc) is 2.37. The topological polar surface area (TPSA) is 62.2 Å². The average molecular weight is 304 g/mol. The van der Waals surface area contributed by atoms with Crippen LogP contribution < -0.4 is 5.32 Å². The van der Waals surface area contributed by atoms with Gasteiger partial charge in [0, 0.05) is 6.04 Å². The van der Waals surface area contributed by atoms with Crippen molar-refractivity contribution < 1.29 is 23.1 Å². The van der Waals surface area contributed by atoms with Gasteiger partial charge in [0.25, 0.3) is 0 Å². The van der Waals surface area contributed by atoms with Gasteiger partial charge in [-0.1, -0.05) is 19.4 Å². The monoisotopic (exact) mass is 304 g/mol. The van der Waals surface area contributed by atoms with Crippen molar-refractivity contribution in [2.75, 3.05) is 5.32 Å². The molecule has 0 aliphatic rings. The molecule has 0 saturated heterocycles. The van der Waals surface area contributed by atoms with Crippen LogP contribution in [0.3, 0.4) is 0 Å². The number of pyridine rings is 1. The lowest BCUT2D eigenvalue weighted by Gasteiger charge is -2.16. The predicted octanol–water partition coefficient (Wildman–Crippen LogP) is 3.79. The van der Waals surface area contributed by atoms with E-state index in [0.717, 1.165) is 6.07 Å². The number of hydrogen-bond donors (Lipinski definition) is 2. The van der Waals surface area contributed by atoms with Crippen molar-refractivity contribution >= 4 is 11.8 Å². The van der Waals surface area contributed by atoms with E-state index in [-0.39, 0.29) is 11.9 Å². The summed E-state index contributed by atoms with van der Waals surface area (Å²) in [7, 11) is 0. The number of carboxylic acid groups (broad SMARTS) is 1. The highest BCUT2D eigenvalue weighted by Gasteiger charge is 2.32. The van der Waals surface area contributed by atoms with Crippen LogP contribution >= 0.6 is 0 Å². The van der Waals surface area contributed by atoms with Crippen LogP contribution in [0.1, 0.15) is 38.8 Å². The van der Waals surface area contributed by atoms with Crippen molar-refractivity contribution in [1.82, 2.24) is 4.98 Å². The van der Waals surface area contributed by atoms with Gasteiger partial charge in [0.2, 0.25) is 0 Å². The summed E-state index contributed by atoms with van der Waals surface area (Å²) in [6.45, 7) is 3.46. The van der Waals surface area contributed by atoms with Gasteiger partial charge in [0.15, 0.2) is 0 Å². The lowest BCUT2D eigenvalue weighted by molar-refractivity contribution is -0.142. The van der Waals surface area contributed by atoms with E-state index in [1.54, 1.807) is 6.92 Å². The molecule has 0 aliphatic carbocycles. The molecule has 2 N–H and O–H groups in total. The molecule has 1 aromatic heterocycles. The molecular formula is C14H19F3N2O2. The molecule has 0 saturated carbocycles. The molecule has 1 aromatic rings. The Kier molecular flexibility index (Phi) is 5.99. The third-order valence-electron chi connectivity index (χ3n) is 3.13. The highest BCUT2D eigenvalue weighted by Crippen LogP contribution is 2.28. The number of alkyl halides is 3. The van der Waals surface area contributed by atoms with Gasteiger partial charge in [-0.2, -0.15) is 13.2 Å². The van der Waals surface area contributed by atoms with E-state index < -0.39 is 23.8 Å². The highest BCUT2D eigenvalue weighted by atomic mass is 19.4. The zero-order valence-electron chi connectivity index (χ0n) is 11.9. The third kappa shape index (κ3) is 6.01. The van der Waals surface area contributed by atoms with Gasteiger partial charge >= 0.3 is 12.1 Å². The minimum Gasteiger partial charge on any atom is -0.481 e. The zero-order valence-corrected chi connectivity index (χ0v) is 11.9. The van der Waals surface area contributed by atoms with Crippen LogP contribution in [0.2, 0.25) is 0 Å². The fourth-order valence-electron chi connectivity index (χ4n) is 1.85. The first-order valence-electron chi connectivity index (χ1n) is 6.73. The molecule has 0 amide bonds. The fraction of sp³-hybridized carbons (Fsp3) is 0.571. The largest absolute Gasteiger partial charge is 0.481 e. The Hall–Kier alpha value is -1.79. The number of anilines is 1. The molecule has 0 fully saturated rings. The number of hydrogen-bond acceptors (Lipinski definition) is 3. The summed E-state index contributed by atoms with van der Waals surface area (Å²) in [5.41, 5.74) is -0.931. The minimum atomic E-state index is -4.46. The summed E-state index contributed by atoms with van der Waals surface area (Å²) in [5, 5.41) is 11.7. The molecule has 1 heterocycles. The molecular weight excluding hydrogens is 285 g/mol. The Labute approximate surface area is 121 Å².